The highest BCUT2D eigenvalue weighted by atomic mass is 16.5. The van der Waals surface area contributed by atoms with Crippen molar-refractivity contribution < 1.29 is 19.2 Å². The summed E-state index contributed by atoms with van der Waals surface area (Å²) in [6.07, 6.45) is 10.1. The number of hydrazine groups is 1. The Labute approximate surface area is 250 Å². The minimum absolute atomic E-state index is 0.0294. The number of benzene rings is 2. The lowest BCUT2D eigenvalue weighted by molar-refractivity contribution is -0.116. The fraction of sp³-hybridized carbons (Fsp3) is 0.424. The van der Waals surface area contributed by atoms with Crippen molar-refractivity contribution in [1.82, 2.24) is 10.1 Å². The quantitative estimate of drug-likeness (QED) is 0.120. The summed E-state index contributed by atoms with van der Waals surface area (Å²) in [6, 6.07) is 13.6. The number of rotatable bonds is 15. The van der Waals surface area contributed by atoms with Crippen LogP contribution in [-0.4, -0.2) is 47.8 Å². The molecule has 2 aromatic carbocycles. The van der Waals surface area contributed by atoms with Crippen molar-refractivity contribution in [1.29, 1.82) is 0 Å². The monoisotopic (exact) mass is 577 g/mol. The largest absolute Gasteiger partial charge is 0.491 e. The first-order valence-electron chi connectivity index (χ1n) is 14.5. The zero-order valence-corrected chi connectivity index (χ0v) is 25.9. The highest BCUT2D eigenvalue weighted by Crippen LogP contribution is 2.33. The number of aliphatic hydroxyl groups is 1. The number of carbonyl (C=O) groups is 1. The van der Waals surface area contributed by atoms with Crippen molar-refractivity contribution in [3.63, 3.8) is 0 Å². The maximum absolute atomic E-state index is 11.2. The van der Waals surface area contributed by atoms with Crippen LogP contribution in [0.5, 0.6) is 5.75 Å². The van der Waals surface area contributed by atoms with Gasteiger partial charge in [-0.2, -0.15) is 4.98 Å². The molecule has 0 aliphatic rings. The van der Waals surface area contributed by atoms with E-state index in [1.807, 2.05) is 49.4 Å². The Hall–Kier alpha value is -3.95. The fourth-order valence-electron chi connectivity index (χ4n) is 3.91. The van der Waals surface area contributed by atoms with Crippen LogP contribution in [0.15, 0.2) is 65.2 Å². The molecule has 0 saturated carbocycles. The lowest BCUT2D eigenvalue weighted by atomic mass is 10.1. The number of nitrogens with two attached hydrogens (primary N) is 1. The van der Waals surface area contributed by atoms with Crippen LogP contribution in [0.2, 0.25) is 0 Å². The second-order valence-electron chi connectivity index (χ2n) is 10.4. The summed E-state index contributed by atoms with van der Waals surface area (Å²) in [7, 11) is 2.06. The van der Waals surface area contributed by atoms with Crippen molar-refractivity contribution in [2.45, 2.75) is 60.4 Å². The first-order chi connectivity index (χ1) is 20.2. The number of aromatic nitrogens is 2. The normalized spacial score (nSPS) is 11.2. The zero-order chi connectivity index (χ0) is 30.9. The predicted octanol–water partition coefficient (Wildman–Crippen LogP) is 6.44. The van der Waals surface area contributed by atoms with Gasteiger partial charge < -0.3 is 24.3 Å². The molecule has 0 aliphatic carbocycles. The van der Waals surface area contributed by atoms with Gasteiger partial charge in [0, 0.05) is 25.6 Å². The Kier molecular flexibility index (Phi) is 15.1. The lowest BCUT2D eigenvalue weighted by Gasteiger charge is -2.28. The second kappa shape index (κ2) is 18.5. The number of aliphatic hydroxyl groups excluding tert-OH is 1. The van der Waals surface area contributed by atoms with Crippen LogP contribution in [0.1, 0.15) is 65.3 Å². The van der Waals surface area contributed by atoms with Gasteiger partial charge in [-0.3, -0.25) is 4.79 Å². The highest BCUT2D eigenvalue weighted by Gasteiger charge is 2.17. The number of Topliss-reactive ketones (excluding diaryl/α,β-unsaturated/α-hetero) is 1. The molecule has 0 unspecified atom stereocenters. The number of anilines is 2. The molecule has 228 valence electrons. The third-order valence-electron chi connectivity index (χ3n) is 6.21. The molecule has 3 rings (SSSR count). The minimum Gasteiger partial charge on any atom is -0.491 e. The number of carbonyl (C=O) groups excluding carboxylic acids is 1. The Morgan fingerprint density at radius 1 is 1.14 bits per heavy atom. The molecule has 0 fully saturated rings. The summed E-state index contributed by atoms with van der Waals surface area (Å²) < 4.78 is 10.8. The average molecular weight is 578 g/mol. The van der Waals surface area contributed by atoms with Crippen molar-refractivity contribution in [3.05, 3.63) is 72.1 Å². The van der Waals surface area contributed by atoms with Crippen LogP contribution >= 0.6 is 0 Å². The standard InChI is InChI=1S/C28H37N5O4.C5H10/c1-20(2)14-15-32(4)25-13-10-23(28-30-27(37-31-28)7-5-6-21(3)35)18-26(25)33(29)19-22-8-11-24(12-9-22)36-17-16-34;1-3-5-4-2/h5,7-13,18,20,34H,6,14-17,19,29H2,1-4H3;3,5H,4H2,1-2H3/b7-5+;5-3-. The van der Waals surface area contributed by atoms with Crippen LogP contribution in [-0.2, 0) is 11.3 Å². The Balaban J connectivity index is 0.00000113. The molecule has 42 heavy (non-hydrogen) atoms. The molecule has 3 aromatic rings. The number of allylic oxidation sites excluding steroid dienone is 3. The van der Waals surface area contributed by atoms with Gasteiger partial charge >= 0.3 is 0 Å². The van der Waals surface area contributed by atoms with E-state index in [1.165, 1.54) is 6.92 Å². The summed E-state index contributed by atoms with van der Waals surface area (Å²) in [6.45, 7) is 11.7. The van der Waals surface area contributed by atoms with E-state index < -0.39 is 0 Å². The first-order valence-corrected chi connectivity index (χ1v) is 14.5. The van der Waals surface area contributed by atoms with Gasteiger partial charge in [0.25, 0.3) is 5.89 Å². The van der Waals surface area contributed by atoms with Gasteiger partial charge in [0.2, 0.25) is 5.82 Å². The van der Waals surface area contributed by atoms with Gasteiger partial charge in [-0.15, -0.1) is 0 Å². The van der Waals surface area contributed by atoms with Crippen LogP contribution in [0, 0.1) is 5.92 Å². The molecule has 0 radical (unpaired) electrons. The van der Waals surface area contributed by atoms with Crippen LogP contribution in [0.4, 0.5) is 11.4 Å². The molecule has 0 atom stereocenters. The van der Waals surface area contributed by atoms with E-state index in [4.69, 9.17) is 20.2 Å². The van der Waals surface area contributed by atoms with Crippen LogP contribution < -0.4 is 20.5 Å². The SMILES string of the molecule is C/C=C\CC.CC(=O)C/C=C/c1nc(-c2ccc(N(C)CCC(C)C)c(N(N)Cc3ccc(OCCO)cc3)c2)no1. The molecule has 0 spiro atoms. The number of nitrogens with zero attached hydrogens (tertiary/aromatic N) is 4. The van der Waals surface area contributed by atoms with E-state index >= 15 is 0 Å². The first kappa shape index (κ1) is 34.3. The van der Waals surface area contributed by atoms with Gasteiger partial charge in [0.15, 0.2) is 0 Å². The molecule has 9 nitrogen and oxygen atoms in total. The zero-order valence-electron chi connectivity index (χ0n) is 25.9. The molecule has 1 aromatic heterocycles. The van der Waals surface area contributed by atoms with E-state index in [1.54, 1.807) is 17.2 Å². The van der Waals surface area contributed by atoms with Crippen molar-refractivity contribution in [2.24, 2.45) is 11.8 Å². The number of hydrogen-bond donors (Lipinski definition) is 2. The Bertz CT molecular complexity index is 1270. The number of ether oxygens (including phenoxy) is 1. The van der Waals surface area contributed by atoms with Gasteiger partial charge in [0.1, 0.15) is 18.1 Å². The molecular formula is C33H47N5O4. The summed E-state index contributed by atoms with van der Waals surface area (Å²) in [5.74, 6) is 8.74. The molecule has 1 heterocycles. The van der Waals surface area contributed by atoms with E-state index in [0.29, 0.717) is 36.3 Å². The Morgan fingerprint density at radius 3 is 2.48 bits per heavy atom. The minimum atomic E-state index is -0.0294. The second-order valence-corrected chi connectivity index (χ2v) is 10.4. The van der Waals surface area contributed by atoms with Gasteiger partial charge in [-0.1, -0.05) is 56.3 Å². The van der Waals surface area contributed by atoms with Crippen molar-refractivity contribution >= 4 is 23.2 Å². The maximum Gasteiger partial charge on any atom is 0.250 e. The average Bonchev–Trinajstić information content (AvgIpc) is 3.44. The van der Waals surface area contributed by atoms with Crippen LogP contribution in [0.3, 0.4) is 0 Å². The Morgan fingerprint density at radius 2 is 1.88 bits per heavy atom. The molecule has 3 N–H and O–H groups in total. The number of ketones is 1. The third kappa shape index (κ3) is 11.9. The summed E-state index contributed by atoms with van der Waals surface area (Å²) in [5, 5.41) is 14.8. The van der Waals surface area contributed by atoms with E-state index in [0.717, 1.165) is 41.9 Å². The van der Waals surface area contributed by atoms with Crippen molar-refractivity contribution in [3.8, 4) is 17.1 Å². The lowest BCUT2D eigenvalue weighted by Crippen LogP contribution is -2.32. The molecule has 0 saturated heterocycles. The smallest absolute Gasteiger partial charge is 0.250 e. The van der Waals surface area contributed by atoms with Gasteiger partial charge in [-0.05, 0) is 74.6 Å². The molecule has 0 bridgehead atoms. The van der Waals surface area contributed by atoms with E-state index in [2.05, 4.69) is 55.0 Å². The van der Waals surface area contributed by atoms with Crippen molar-refractivity contribution in [2.75, 3.05) is 36.7 Å². The molecule has 9 heteroatoms. The fourth-order valence-corrected chi connectivity index (χ4v) is 3.91. The summed E-state index contributed by atoms with van der Waals surface area (Å²) in [5.41, 5.74) is 3.62. The van der Waals surface area contributed by atoms with E-state index in [-0.39, 0.29) is 19.0 Å². The maximum atomic E-state index is 11.2. The molecule has 0 aliphatic heterocycles. The number of hydrogen-bond acceptors (Lipinski definition) is 9. The topological polar surface area (TPSA) is 118 Å². The summed E-state index contributed by atoms with van der Waals surface area (Å²) in [4.78, 5) is 17.8. The molecule has 0 amide bonds. The molecular weight excluding hydrogens is 530 g/mol. The van der Waals surface area contributed by atoms with Gasteiger partial charge in [-0.25, -0.2) is 5.84 Å². The highest BCUT2D eigenvalue weighted by molar-refractivity contribution is 5.78. The van der Waals surface area contributed by atoms with Crippen LogP contribution in [0.25, 0.3) is 17.5 Å². The van der Waals surface area contributed by atoms with E-state index in [9.17, 15) is 4.79 Å². The predicted molar refractivity (Wildman–Crippen MR) is 171 cm³/mol. The third-order valence-corrected chi connectivity index (χ3v) is 6.21. The summed E-state index contributed by atoms with van der Waals surface area (Å²) >= 11 is 0. The van der Waals surface area contributed by atoms with Gasteiger partial charge in [0.05, 0.1) is 24.5 Å².